The van der Waals surface area contributed by atoms with Crippen molar-refractivity contribution < 1.29 is 68.1 Å². The Kier molecular flexibility index (Phi) is 8.38. The maximum atomic E-state index is 13.6. The largest absolute Gasteiger partial charge is 0.527 e. The summed E-state index contributed by atoms with van der Waals surface area (Å²) in [5.41, 5.74) is -4.63. The van der Waals surface area contributed by atoms with Gasteiger partial charge in [-0.25, -0.2) is 9.47 Å². The molecule has 0 fully saturated rings. The molecule has 0 heterocycles. The highest BCUT2D eigenvalue weighted by atomic mass is 19.4. The van der Waals surface area contributed by atoms with Gasteiger partial charge in [-0.15, -0.1) is 13.2 Å². The third-order valence-corrected chi connectivity index (χ3v) is 4.21. The molecule has 0 aromatic heterocycles. The summed E-state index contributed by atoms with van der Waals surface area (Å²) >= 11 is 0. The van der Waals surface area contributed by atoms with Crippen LogP contribution in [0.15, 0.2) is 0 Å². The summed E-state index contributed by atoms with van der Waals surface area (Å²) in [6.45, 7) is 6.64. The highest BCUT2D eigenvalue weighted by molar-refractivity contribution is 5.87. The predicted molar refractivity (Wildman–Crippen MR) is 87.4 cm³/mol. The van der Waals surface area contributed by atoms with Crippen LogP contribution in [0.25, 0.3) is 0 Å². The van der Waals surface area contributed by atoms with E-state index in [1.165, 1.54) is 34.6 Å². The molecular formula is C17H23F9O6. The van der Waals surface area contributed by atoms with Crippen molar-refractivity contribution in [2.75, 3.05) is 6.61 Å². The predicted octanol–water partition coefficient (Wildman–Crippen LogP) is 5.26. The zero-order valence-electron chi connectivity index (χ0n) is 18.1. The lowest BCUT2D eigenvalue weighted by Crippen LogP contribution is -2.52. The van der Waals surface area contributed by atoms with Crippen LogP contribution in [0.5, 0.6) is 0 Å². The molecule has 0 amide bonds. The van der Waals surface area contributed by atoms with Crippen LogP contribution in [0, 0.1) is 10.8 Å². The Morgan fingerprint density at radius 3 is 1.38 bits per heavy atom. The van der Waals surface area contributed by atoms with E-state index in [1.807, 2.05) is 4.74 Å². The van der Waals surface area contributed by atoms with E-state index in [2.05, 4.69) is 9.47 Å². The normalized spacial score (nSPS) is 14.9. The van der Waals surface area contributed by atoms with Gasteiger partial charge in [-0.3, -0.25) is 9.59 Å². The average Bonchev–Trinajstić information content (AvgIpc) is 2.47. The SMILES string of the molecule is CC(C)(C)OC(=O)C(C)(C)C(C)(C)C(=O)OCC(F)(F)OC(F)(F)C(F)(F)OC(F)(F)F. The highest BCUT2D eigenvalue weighted by Crippen LogP contribution is 2.44. The number of carbonyl (C=O) groups excluding carboxylic acids is 2. The Labute approximate surface area is 177 Å². The van der Waals surface area contributed by atoms with Crippen molar-refractivity contribution >= 4 is 11.9 Å². The molecule has 0 atom stereocenters. The molecule has 0 saturated carbocycles. The summed E-state index contributed by atoms with van der Waals surface area (Å²) < 4.78 is 128. The fourth-order valence-electron chi connectivity index (χ4n) is 1.73. The van der Waals surface area contributed by atoms with E-state index in [0.717, 1.165) is 13.8 Å². The fourth-order valence-corrected chi connectivity index (χ4v) is 1.73. The first-order valence-electron chi connectivity index (χ1n) is 8.68. The van der Waals surface area contributed by atoms with Crippen LogP contribution < -0.4 is 0 Å². The molecular weight excluding hydrogens is 471 g/mol. The molecule has 190 valence electrons. The van der Waals surface area contributed by atoms with Gasteiger partial charge in [0, 0.05) is 0 Å². The molecule has 0 aliphatic rings. The smallest absolute Gasteiger partial charge is 0.460 e. The van der Waals surface area contributed by atoms with Gasteiger partial charge in [0.05, 0.1) is 10.8 Å². The Morgan fingerprint density at radius 1 is 0.625 bits per heavy atom. The lowest BCUT2D eigenvalue weighted by molar-refractivity contribution is -0.530. The zero-order valence-corrected chi connectivity index (χ0v) is 18.1. The van der Waals surface area contributed by atoms with E-state index in [4.69, 9.17) is 4.74 Å². The molecule has 0 aliphatic carbocycles. The van der Waals surface area contributed by atoms with Crippen LogP contribution in [-0.4, -0.2) is 48.8 Å². The first-order valence-corrected chi connectivity index (χ1v) is 8.68. The maximum absolute atomic E-state index is 13.6. The van der Waals surface area contributed by atoms with Crippen molar-refractivity contribution in [3.8, 4) is 0 Å². The molecule has 0 unspecified atom stereocenters. The molecule has 0 saturated heterocycles. The summed E-state index contributed by atoms with van der Waals surface area (Å²) in [5.74, 6) is -2.52. The summed E-state index contributed by atoms with van der Waals surface area (Å²) in [7, 11) is 0. The summed E-state index contributed by atoms with van der Waals surface area (Å²) in [6.07, 6.45) is -24.7. The molecule has 15 heteroatoms. The molecule has 6 nitrogen and oxygen atoms in total. The lowest BCUT2D eigenvalue weighted by Gasteiger charge is -2.39. The van der Waals surface area contributed by atoms with Crippen LogP contribution >= 0.6 is 0 Å². The summed E-state index contributed by atoms with van der Waals surface area (Å²) in [6, 6.07) is 0. The van der Waals surface area contributed by atoms with Crippen LogP contribution in [0.2, 0.25) is 0 Å². The number of esters is 2. The molecule has 0 aliphatic heterocycles. The minimum absolute atomic E-state index is 0.953. The van der Waals surface area contributed by atoms with Gasteiger partial charge in [0.25, 0.3) is 0 Å². The van der Waals surface area contributed by atoms with E-state index in [-0.39, 0.29) is 0 Å². The van der Waals surface area contributed by atoms with E-state index in [9.17, 15) is 49.1 Å². The Hall–Kier alpha value is -1.77. The van der Waals surface area contributed by atoms with Crippen molar-refractivity contribution in [1.29, 1.82) is 0 Å². The molecule has 0 spiro atoms. The molecule has 0 aromatic carbocycles. The minimum atomic E-state index is -6.53. The van der Waals surface area contributed by atoms with E-state index < -0.39 is 59.7 Å². The van der Waals surface area contributed by atoms with Crippen LogP contribution in [0.4, 0.5) is 39.5 Å². The van der Waals surface area contributed by atoms with Gasteiger partial charge in [0.15, 0.2) is 6.61 Å². The van der Waals surface area contributed by atoms with Crippen molar-refractivity contribution in [2.45, 2.75) is 78.8 Å². The molecule has 0 radical (unpaired) electrons. The minimum Gasteiger partial charge on any atom is -0.460 e. The molecule has 0 rings (SSSR count). The van der Waals surface area contributed by atoms with Crippen LogP contribution in [0.1, 0.15) is 48.5 Å². The first-order chi connectivity index (χ1) is 13.7. The summed E-state index contributed by atoms with van der Waals surface area (Å²) in [5, 5.41) is 0. The third kappa shape index (κ3) is 7.98. The average molecular weight is 494 g/mol. The lowest BCUT2D eigenvalue weighted by atomic mass is 9.68. The molecule has 0 bridgehead atoms. The van der Waals surface area contributed by atoms with E-state index in [1.54, 1.807) is 0 Å². The first kappa shape index (κ1) is 30.2. The number of ether oxygens (including phenoxy) is 4. The number of rotatable bonds is 9. The van der Waals surface area contributed by atoms with Gasteiger partial charge >= 0.3 is 36.6 Å². The highest BCUT2D eigenvalue weighted by Gasteiger charge is 2.68. The monoisotopic (exact) mass is 494 g/mol. The quantitative estimate of drug-likeness (QED) is 0.322. The van der Waals surface area contributed by atoms with Crippen molar-refractivity contribution in [3.05, 3.63) is 0 Å². The van der Waals surface area contributed by atoms with E-state index >= 15 is 0 Å². The van der Waals surface area contributed by atoms with Gasteiger partial charge in [-0.1, -0.05) is 0 Å². The van der Waals surface area contributed by atoms with Crippen molar-refractivity contribution in [1.82, 2.24) is 0 Å². The van der Waals surface area contributed by atoms with Crippen LogP contribution in [0.3, 0.4) is 0 Å². The Balaban J connectivity index is 5.39. The van der Waals surface area contributed by atoms with Gasteiger partial charge in [0.1, 0.15) is 5.60 Å². The van der Waals surface area contributed by atoms with Crippen molar-refractivity contribution in [3.63, 3.8) is 0 Å². The second-order valence-electron chi connectivity index (χ2n) is 8.65. The Morgan fingerprint density at radius 2 is 1.00 bits per heavy atom. The second kappa shape index (κ2) is 8.88. The standard InChI is InChI=1S/C17H23F9O6/c1-11(2,3)30-10(28)13(6,7)12(4,5)9(27)29-8-14(18,19)31-15(20,21)16(22,23)32-17(24,25)26/h8H2,1-7H3. The second-order valence-corrected chi connectivity index (χ2v) is 8.65. The van der Waals surface area contributed by atoms with Crippen molar-refractivity contribution in [2.24, 2.45) is 10.8 Å². The van der Waals surface area contributed by atoms with Gasteiger partial charge < -0.3 is 9.47 Å². The van der Waals surface area contributed by atoms with Gasteiger partial charge in [-0.05, 0) is 48.5 Å². The molecule has 32 heavy (non-hydrogen) atoms. The Bertz CT molecular complexity index is 694. The van der Waals surface area contributed by atoms with Gasteiger partial charge in [-0.2, -0.15) is 26.3 Å². The molecule has 0 N–H and O–H groups in total. The van der Waals surface area contributed by atoms with Gasteiger partial charge in [0.2, 0.25) is 0 Å². The fraction of sp³-hybridized carbons (Fsp3) is 0.882. The maximum Gasteiger partial charge on any atom is 0.527 e. The molecule has 0 aromatic rings. The van der Waals surface area contributed by atoms with Crippen LogP contribution in [-0.2, 0) is 28.5 Å². The number of carbonyl (C=O) groups is 2. The number of halogens is 9. The zero-order chi connectivity index (χ0) is 26.2. The summed E-state index contributed by atoms with van der Waals surface area (Å²) in [4.78, 5) is 24.6. The number of hydrogen-bond donors (Lipinski definition) is 0. The number of alkyl halides is 9. The van der Waals surface area contributed by atoms with E-state index in [0.29, 0.717) is 0 Å². The number of hydrogen-bond acceptors (Lipinski definition) is 6. The third-order valence-electron chi connectivity index (χ3n) is 4.21. The topological polar surface area (TPSA) is 71.1 Å².